The second-order valence-corrected chi connectivity index (χ2v) is 5.10. The summed E-state index contributed by atoms with van der Waals surface area (Å²) in [5, 5.41) is 6.95. The van der Waals surface area contributed by atoms with Crippen molar-refractivity contribution in [2.45, 2.75) is 12.6 Å². The molecular formula is C17H20N4O. The minimum atomic E-state index is 0.0893. The second kappa shape index (κ2) is 7.04. The number of pyridine rings is 1. The number of aliphatic imine (C=N–C) groups is 1. The van der Waals surface area contributed by atoms with E-state index in [4.69, 9.17) is 4.74 Å². The molecule has 0 aliphatic carbocycles. The van der Waals surface area contributed by atoms with Gasteiger partial charge in [-0.2, -0.15) is 0 Å². The number of nitrogens with zero attached hydrogens (tertiary/aromatic N) is 2. The van der Waals surface area contributed by atoms with Gasteiger partial charge in [-0.15, -0.1) is 0 Å². The van der Waals surface area contributed by atoms with E-state index in [1.165, 1.54) is 5.56 Å². The number of hydrogen-bond donors (Lipinski definition) is 2. The summed E-state index contributed by atoms with van der Waals surface area (Å²) in [6.07, 6.45) is 3.62. The molecule has 0 fully saturated rings. The topological polar surface area (TPSA) is 58.5 Å². The van der Waals surface area contributed by atoms with E-state index in [2.05, 4.69) is 26.7 Å². The average Bonchev–Trinajstić information content (AvgIpc) is 2.61. The molecule has 22 heavy (non-hydrogen) atoms. The van der Waals surface area contributed by atoms with E-state index in [0.717, 1.165) is 30.2 Å². The molecule has 3 rings (SSSR count). The molecule has 1 aromatic heterocycles. The second-order valence-electron chi connectivity index (χ2n) is 5.10. The van der Waals surface area contributed by atoms with Crippen LogP contribution in [0.3, 0.4) is 0 Å². The number of aromatic nitrogens is 1. The Kier molecular flexibility index (Phi) is 4.65. The van der Waals surface area contributed by atoms with E-state index in [-0.39, 0.29) is 6.04 Å². The highest BCUT2D eigenvalue weighted by atomic mass is 16.5. The molecule has 1 aliphatic heterocycles. The standard InChI is InChI=1S/C17H20N4O/c1-22-15-5-3-2-4-14(15)12-21-17-16(19-10-11-20-17)13-6-8-18-9-7-13/h2-9,16,19H,10-12H2,1H3,(H,20,21). The number of amidine groups is 1. The summed E-state index contributed by atoms with van der Waals surface area (Å²) >= 11 is 0. The molecular weight excluding hydrogens is 276 g/mol. The van der Waals surface area contributed by atoms with Gasteiger partial charge < -0.3 is 15.4 Å². The number of methoxy groups -OCH3 is 1. The lowest BCUT2D eigenvalue weighted by Gasteiger charge is -2.26. The number of para-hydroxylation sites is 1. The van der Waals surface area contributed by atoms with E-state index in [1.807, 2.05) is 42.7 Å². The third kappa shape index (κ3) is 3.26. The third-order valence-corrected chi connectivity index (χ3v) is 3.71. The maximum absolute atomic E-state index is 5.39. The predicted octanol–water partition coefficient (Wildman–Crippen LogP) is 1.92. The van der Waals surface area contributed by atoms with E-state index < -0.39 is 0 Å². The highest BCUT2D eigenvalue weighted by Crippen LogP contribution is 2.19. The summed E-state index contributed by atoms with van der Waals surface area (Å²) in [4.78, 5) is 8.72. The van der Waals surface area contributed by atoms with Gasteiger partial charge in [0.15, 0.2) is 0 Å². The summed E-state index contributed by atoms with van der Waals surface area (Å²) in [5.74, 6) is 1.85. The molecule has 0 radical (unpaired) electrons. The van der Waals surface area contributed by atoms with Crippen LogP contribution in [0.1, 0.15) is 17.2 Å². The zero-order chi connectivity index (χ0) is 15.2. The number of ether oxygens (including phenoxy) is 1. The maximum Gasteiger partial charge on any atom is 0.123 e. The monoisotopic (exact) mass is 296 g/mol. The lowest BCUT2D eigenvalue weighted by Crippen LogP contribution is -2.42. The first-order chi connectivity index (χ1) is 10.9. The highest BCUT2D eigenvalue weighted by molar-refractivity contribution is 5.89. The van der Waals surface area contributed by atoms with E-state index >= 15 is 0 Å². The van der Waals surface area contributed by atoms with Crippen molar-refractivity contribution in [3.63, 3.8) is 0 Å². The molecule has 5 heteroatoms. The van der Waals surface area contributed by atoms with Crippen LogP contribution in [0.5, 0.6) is 5.75 Å². The van der Waals surface area contributed by atoms with Crippen LogP contribution in [-0.4, -0.2) is 31.0 Å². The van der Waals surface area contributed by atoms with Crippen LogP contribution < -0.4 is 15.4 Å². The first kappa shape index (κ1) is 14.5. The van der Waals surface area contributed by atoms with Gasteiger partial charge >= 0.3 is 0 Å². The van der Waals surface area contributed by atoms with Gasteiger partial charge in [-0.25, -0.2) is 0 Å². The SMILES string of the molecule is COc1ccccc1CNC1=NCCNC1c1ccncc1. The minimum absolute atomic E-state index is 0.0893. The van der Waals surface area contributed by atoms with Gasteiger partial charge in [-0.3, -0.25) is 9.98 Å². The molecule has 114 valence electrons. The van der Waals surface area contributed by atoms with Crippen molar-refractivity contribution in [2.75, 3.05) is 20.2 Å². The molecule has 5 nitrogen and oxygen atoms in total. The van der Waals surface area contributed by atoms with Crippen molar-refractivity contribution in [1.82, 2.24) is 15.6 Å². The van der Waals surface area contributed by atoms with Crippen molar-refractivity contribution >= 4 is 5.84 Å². The highest BCUT2D eigenvalue weighted by Gasteiger charge is 2.20. The van der Waals surface area contributed by atoms with Crippen molar-refractivity contribution < 1.29 is 4.74 Å². The van der Waals surface area contributed by atoms with Crippen LogP contribution in [0.4, 0.5) is 0 Å². The molecule has 0 saturated heterocycles. The van der Waals surface area contributed by atoms with Gasteiger partial charge in [0, 0.05) is 31.0 Å². The Morgan fingerprint density at radius 2 is 2.05 bits per heavy atom. The van der Waals surface area contributed by atoms with E-state index in [9.17, 15) is 0 Å². The fraction of sp³-hybridized carbons (Fsp3) is 0.294. The largest absolute Gasteiger partial charge is 0.496 e. The van der Waals surface area contributed by atoms with Crippen molar-refractivity contribution in [3.05, 3.63) is 59.9 Å². The third-order valence-electron chi connectivity index (χ3n) is 3.71. The lowest BCUT2D eigenvalue weighted by atomic mass is 10.1. The van der Waals surface area contributed by atoms with Crippen LogP contribution in [0.25, 0.3) is 0 Å². The molecule has 0 spiro atoms. The smallest absolute Gasteiger partial charge is 0.123 e. The Balaban J connectivity index is 1.74. The normalized spacial score (nSPS) is 17.7. The Morgan fingerprint density at radius 3 is 2.86 bits per heavy atom. The first-order valence-corrected chi connectivity index (χ1v) is 7.42. The van der Waals surface area contributed by atoms with Crippen LogP contribution >= 0.6 is 0 Å². The molecule has 2 N–H and O–H groups in total. The van der Waals surface area contributed by atoms with E-state index in [0.29, 0.717) is 6.54 Å². The minimum Gasteiger partial charge on any atom is -0.496 e. The van der Waals surface area contributed by atoms with Crippen LogP contribution in [0.2, 0.25) is 0 Å². The summed E-state index contributed by atoms with van der Waals surface area (Å²) < 4.78 is 5.39. The zero-order valence-electron chi connectivity index (χ0n) is 12.6. The quantitative estimate of drug-likeness (QED) is 0.905. The molecule has 0 amide bonds. The van der Waals surface area contributed by atoms with Gasteiger partial charge in [0.25, 0.3) is 0 Å². The van der Waals surface area contributed by atoms with Gasteiger partial charge in [-0.05, 0) is 23.8 Å². The van der Waals surface area contributed by atoms with Crippen molar-refractivity contribution in [1.29, 1.82) is 0 Å². The van der Waals surface area contributed by atoms with Crippen LogP contribution in [0.15, 0.2) is 53.8 Å². The Bertz CT molecular complexity index is 642. The fourth-order valence-electron chi connectivity index (χ4n) is 2.60. The maximum atomic E-state index is 5.39. The first-order valence-electron chi connectivity index (χ1n) is 7.42. The van der Waals surface area contributed by atoms with Crippen LogP contribution in [-0.2, 0) is 6.54 Å². The number of benzene rings is 1. The summed E-state index contributed by atoms with van der Waals surface area (Å²) in [6.45, 7) is 2.36. The van der Waals surface area contributed by atoms with Crippen molar-refractivity contribution in [3.8, 4) is 5.75 Å². The van der Waals surface area contributed by atoms with Gasteiger partial charge in [0.1, 0.15) is 11.6 Å². The molecule has 2 aromatic rings. The van der Waals surface area contributed by atoms with Gasteiger partial charge in [0.05, 0.1) is 19.7 Å². The number of hydrogen-bond acceptors (Lipinski definition) is 5. The van der Waals surface area contributed by atoms with E-state index in [1.54, 1.807) is 7.11 Å². The molecule has 1 unspecified atom stereocenters. The Morgan fingerprint density at radius 1 is 1.23 bits per heavy atom. The molecule has 0 bridgehead atoms. The molecule has 1 aromatic carbocycles. The average molecular weight is 296 g/mol. The predicted molar refractivity (Wildman–Crippen MR) is 87.1 cm³/mol. The van der Waals surface area contributed by atoms with Gasteiger partial charge in [0.2, 0.25) is 0 Å². The number of rotatable bonds is 4. The summed E-state index contributed by atoms with van der Waals surface area (Å²) in [7, 11) is 1.69. The van der Waals surface area contributed by atoms with Gasteiger partial charge in [-0.1, -0.05) is 18.2 Å². The van der Waals surface area contributed by atoms with Crippen LogP contribution in [0, 0.1) is 0 Å². The molecule has 1 atom stereocenters. The lowest BCUT2D eigenvalue weighted by molar-refractivity contribution is 0.409. The Labute approximate surface area is 130 Å². The molecule has 2 heterocycles. The van der Waals surface area contributed by atoms with Crippen molar-refractivity contribution in [2.24, 2.45) is 4.99 Å². The fourth-order valence-corrected chi connectivity index (χ4v) is 2.60. The number of nitrogens with one attached hydrogen (secondary N) is 2. The zero-order valence-corrected chi connectivity index (χ0v) is 12.6. The molecule has 0 saturated carbocycles. The Hall–Kier alpha value is -2.40. The molecule has 1 aliphatic rings. The summed E-state index contributed by atoms with van der Waals surface area (Å²) in [5.41, 5.74) is 2.28. The summed E-state index contributed by atoms with van der Waals surface area (Å²) in [6, 6.07) is 12.1.